The summed E-state index contributed by atoms with van der Waals surface area (Å²) >= 11 is 0. The van der Waals surface area contributed by atoms with Crippen molar-refractivity contribution in [3.05, 3.63) is 47.1 Å². The molecule has 0 radical (unpaired) electrons. The van der Waals surface area contributed by atoms with Crippen molar-refractivity contribution in [2.24, 2.45) is 5.92 Å². The van der Waals surface area contributed by atoms with Crippen LogP contribution in [0.25, 0.3) is 0 Å². The van der Waals surface area contributed by atoms with Gasteiger partial charge in [-0.25, -0.2) is 0 Å². The van der Waals surface area contributed by atoms with Crippen LogP contribution >= 0.6 is 0 Å². The molecule has 60 valence electrons. The summed E-state index contributed by atoms with van der Waals surface area (Å²) in [7, 11) is 0. The Balaban J connectivity index is 2.18. The van der Waals surface area contributed by atoms with Crippen LogP contribution in [0.15, 0.2) is 47.1 Å². The third-order valence-corrected chi connectivity index (χ3v) is 3.10. The summed E-state index contributed by atoms with van der Waals surface area (Å²) in [6.07, 6.45) is 15.3. The van der Waals surface area contributed by atoms with Crippen LogP contribution < -0.4 is 0 Å². The lowest BCUT2D eigenvalue weighted by atomic mass is 9.86. The summed E-state index contributed by atoms with van der Waals surface area (Å²) < 4.78 is 0. The van der Waals surface area contributed by atoms with Gasteiger partial charge in [0.1, 0.15) is 0 Å². The van der Waals surface area contributed by atoms with Crippen molar-refractivity contribution in [3.8, 4) is 0 Å². The molecule has 0 heteroatoms. The van der Waals surface area contributed by atoms with Gasteiger partial charge in [-0.05, 0) is 30.4 Å². The van der Waals surface area contributed by atoms with Crippen LogP contribution in [0.5, 0.6) is 0 Å². The van der Waals surface area contributed by atoms with Gasteiger partial charge in [0.15, 0.2) is 0 Å². The third-order valence-electron chi connectivity index (χ3n) is 3.10. The zero-order chi connectivity index (χ0) is 7.97. The van der Waals surface area contributed by atoms with E-state index in [-0.39, 0.29) is 0 Å². The predicted molar refractivity (Wildman–Crippen MR) is 50.7 cm³/mol. The fourth-order valence-corrected chi connectivity index (χ4v) is 2.55. The lowest BCUT2D eigenvalue weighted by Gasteiger charge is -2.19. The first-order valence-electron chi connectivity index (χ1n) is 4.72. The van der Waals surface area contributed by atoms with Gasteiger partial charge in [0.05, 0.1) is 0 Å². The standard InChI is InChI=1S/C12H12/c1-3-9-4-2-6-11-8-7-10(5-1)12(9)11/h1-5,10H,6-8H2. The SMILES string of the molecule is C1=CC2CCC3=C2C(=C1)C=CC3. The maximum absolute atomic E-state index is 2.35. The van der Waals surface area contributed by atoms with E-state index in [9.17, 15) is 0 Å². The Morgan fingerprint density at radius 1 is 1.33 bits per heavy atom. The van der Waals surface area contributed by atoms with Crippen molar-refractivity contribution >= 4 is 0 Å². The van der Waals surface area contributed by atoms with Gasteiger partial charge in [-0.3, -0.25) is 0 Å². The predicted octanol–water partition coefficient (Wildman–Crippen LogP) is 3.15. The molecule has 0 bridgehead atoms. The second-order valence-corrected chi connectivity index (χ2v) is 3.78. The van der Waals surface area contributed by atoms with Crippen LogP contribution in [0, 0.1) is 5.92 Å². The molecule has 0 saturated carbocycles. The summed E-state index contributed by atoms with van der Waals surface area (Å²) in [6.45, 7) is 0. The van der Waals surface area contributed by atoms with Gasteiger partial charge < -0.3 is 0 Å². The van der Waals surface area contributed by atoms with Crippen LogP contribution in [-0.2, 0) is 0 Å². The van der Waals surface area contributed by atoms with Crippen molar-refractivity contribution in [1.82, 2.24) is 0 Å². The van der Waals surface area contributed by atoms with Gasteiger partial charge in [0, 0.05) is 5.92 Å². The van der Waals surface area contributed by atoms with Gasteiger partial charge >= 0.3 is 0 Å². The number of hydrogen-bond acceptors (Lipinski definition) is 0. The highest BCUT2D eigenvalue weighted by Crippen LogP contribution is 2.43. The van der Waals surface area contributed by atoms with Crippen LogP contribution in [-0.4, -0.2) is 0 Å². The largest absolute Gasteiger partial charge is 0.0798 e. The smallest absolute Gasteiger partial charge is 0.00297 e. The van der Waals surface area contributed by atoms with E-state index in [2.05, 4.69) is 30.4 Å². The van der Waals surface area contributed by atoms with E-state index >= 15 is 0 Å². The van der Waals surface area contributed by atoms with E-state index in [4.69, 9.17) is 0 Å². The lowest BCUT2D eigenvalue weighted by Crippen LogP contribution is -2.03. The summed E-state index contributed by atoms with van der Waals surface area (Å²) in [6, 6.07) is 0. The molecule has 0 aromatic heterocycles. The zero-order valence-corrected chi connectivity index (χ0v) is 7.09. The summed E-state index contributed by atoms with van der Waals surface area (Å²) in [5, 5.41) is 0. The minimum atomic E-state index is 0.755. The van der Waals surface area contributed by atoms with Gasteiger partial charge in [0.2, 0.25) is 0 Å². The average Bonchev–Trinajstić information content (AvgIpc) is 2.52. The molecule has 0 amide bonds. The summed E-state index contributed by atoms with van der Waals surface area (Å²) in [5.41, 5.74) is 4.82. The molecule has 12 heavy (non-hydrogen) atoms. The Labute approximate surface area is 73.0 Å². The molecule has 0 spiro atoms. The summed E-state index contributed by atoms with van der Waals surface area (Å²) in [5.74, 6) is 0.755. The molecule has 0 N–H and O–H groups in total. The Morgan fingerprint density at radius 2 is 2.33 bits per heavy atom. The molecule has 0 aromatic carbocycles. The average molecular weight is 156 g/mol. The van der Waals surface area contributed by atoms with Gasteiger partial charge in [-0.2, -0.15) is 0 Å². The molecule has 0 fully saturated rings. The number of rotatable bonds is 0. The Kier molecular flexibility index (Phi) is 1.20. The zero-order valence-electron chi connectivity index (χ0n) is 7.09. The molecule has 0 nitrogen and oxygen atoms in total. The molecule has 0 saturated heterocycles. The molecule has 0 heterocycles. The van der Waals surface area contributed by atoms with Crippen molar-refractivity contribution < 1.29 is 0 Å². The Bertz CT molecular complexity index is 337. The van der Waals surface area contributed by atoms with E-state index in [0.717, 1.165) is 5.92 Å². The van der Waals surface area contributed by atoms with Gasteiger partial charge in [0.25, 0.3) is 0 Å². The van der Waals surface area contributed by atoms with Crippen LogP contribution in [0.1, 0.15) is 19.3 Å². The third kappa shape index (κ3) is 0.726. The van der Waals surface area contributed by atoms with Crippen molar-refractivity contribution in [2.45, 2.75) is 19.3 Å². The monoisotopic (exact) mass is 156 g/mol. The van der Waals surface area contributed by atoms with Crippen LogP contribution in [0.3, 0.4) is 0 Å². The molecule has 3 aliphatic carbocycles. The normalized spacial score (nSPS) is 30.7. The van der Waals surface area contributed by atoms with E-state index < -0.39 is 0 Å². The molecule has 0 aliphatic heterocycles. The van der Waals surface area contributed by atoms with Crippen molar-refractivity contribution in [2.75, 3.05) is 0 Å². The van der Waals surface area contributed by atoms with E-state index in [0.29, 0.717) is 0 Å². The highest BCUT2D eigenvalue weighted by atomic mass is 14.3. The quantitative estimate of drug-likeness (QED) is 0.505. The van der Waals surface area contributed by atoms with Gasteiger partial charge in [-0.15, -0.1) is 0 Å². The molecule has 3 rings (SSSR count). The topological polar surface area (TPSA) is 0 Å². The highest BCUT2D eigenvalue weighted by molar-refractivity contribution is 5.55. The molecule has 1 atom stereocenters. The maximum Gasteiger partial charge on any atom is 0.00297 e. The van der Waals surface area contributed by atoms with E-state index in [1.165, 1.54) is 24.8 Å². The molecule has 0 aromatic rings. The fourth-order valence-electron chi connectivity index (χ4n) is 2.55. The molecular formula is C12H12. The van der Waals surface area contributed by atoms with Crippen molar-refractivity contribution in [1.29, 1.82) is 0 Å². The minimum absolute atomic E-state index is 0.755. The maximum atomic E-state index is 2.35. The highest BCUT2D eigenvalue weighted by Gasteiger charge is 2.27. The summed E-state index contributed by atoms with van der Waals surface area (Å²) in [4.78, 5) is 0. The fraction of sp³-hybridized carbons (Fsp3) is 0.333. The molecule has 1 unspecified atom stereocenters. The second kappa shape index (κ2) is 2.22. The Morgan fingerprint density at radius 3 is 3.33 bits per heavy atom. The first-order chi connectivity index (χ1) is 5.95. The lowest BCUT2D eigenvalue weighted by molar-refractivity contribution is 0.741. The van der Waals surface area contributed by atoms with Crippen molar-refractivity contribution in [3.63, 3.8) is 0 Å². The first-order valence-corrected chi connectivity index (χ1v) is 4.72. The molecule has 3 aliphatic rings. The molecular weight excluding hydrogens is 144 g/mol. The number of hydrogen-bond donors (Lipinski definition) is 0. The first kappa shape index (κ1) is 6.47. The minimum Gasteiger partial charge on any atom is -0.0798 e. The van der Waals surface area contributed by atoms with E-state index in [1.807, 2.05) is 0 Å². The van der Waals surface area contributed by atoms with Gasteiger partial charge in [-0.1, -0.05) is 36.0 Å². The number of allylic oxidation sites excluding steroid dienone is 8. The van der Waals surface area contributed by atoms with E-state index in [1.54, 1.807) is 11.1 Å². The van der Waals surface area contributed by atoms with Crippen LogP contribution in [0.4, 0.5) is 0 Å². The Hall–Kier alpha value is -1.04. The second-order valence-electron chi connectivity index (χ2n) is 3.78. The van der Waals surface area contributed by atoms with Crippen LogP contribution in [0.2, 0.25) is 0 Å².